The van der Waals surface area contributed by atoms with Gasteiger partial charge in [-0.1, -0.05) is 0 Å². The number of hydrogen-bond donors (Lipinski definition) is 1. The Labute approximate surface area is 161 Å². The minimum Gasteiger partial charge on any atom is -0.340 e. The molecule has 2 fully saturated rings. The van der Waals surface area contributed by atoms with Crippen LogP contribution in [0.15, 0.2) is 10.9 Å². The van der Waals surface area contributed by atoms with Crippen LogP contribution in [0.25, 0.3) is 0 Å². The molecule has 1 amide bonds. The maximum absolute atomic E-state index is 12.3. The van der Waals surface area contributed by atoms with E-state index in [4.69, 9.17) is 0 Å². The molecule has 2 saturated heterocycles. The van der Waals surface area contributed by atoms with Crippen molar-refractivity contribution < 1.29 is 4.79 Å². The maximum Gasteiger partial charge on any atom is 0.222 e. The van der Waals surface area contributed by atoms with Crippen LogP contribution in [0, 0.1) is 5.92 Å². The van der Waals surface area contributed by atoms with Crippen molar-refractivity contribution in [3.8, 4) is 0 Å². The molecular formula is C16H28Cl2N4OS. The molecule has 3 rings (SSSR count). The molecule has 0 aliphatic carbocycles. The lowest BCUT2D eigenvalue weighted by atomic mass is 9.93. The van der Waals surface area contributed by atoms with Gasteiger partial charge < -0.3 is 10.2 Å². The van der Waals surface area contributed by atoms with E-state index in [1.165, 1.54) is 12.8 Å². The number of piperazine rings is 1. The average molecular weight is 395 g/mol. The number of piperidine rings is 1. The lowest BCUT2D eigenvalue weighted by Gasteiger charge is -2.34. The number of amides is 1. The molecule has 8 heteroatoms. The molecule has 1 N–H and O–H groups in total. The van der Waals surface area contributed by atoms with Gasteiger partial charge in [0.15, 0.2) is 0 Å². The average Bonchev–Trinajstić information content (AvgIpc) is 3.07. The summed E-state index contributed by atoms with van der Waals surface area (Å²) in [5.41, 5.74) is 3.03. The van der Waals surface area contributed by atoms with Crippen molar-refractivity contribution >= 4 is 42.1 Å². The monoisotopic (exact) mass is 394 g/mol. The largest absolute Gasteiger partial charge is 0.340 e. The second-order valence-electron chi connectivity index (χ2n) is 6.37. The molecule has 0 saturated carbocycles. The van der Waals surface area contributed by atoms with Crippen LogP contribution in [-0.4, -0.2) is 60.0 Å². The third-order valence-electron chi connectivity index (χ3n) is 4.82. The molecule has 0 radical (unpaired) electrons. The molecule has 2 aliphatic rings. The molecule has 138 valence electrons. The minimum absolute atomic E-state index is 0. The molecule has 5 nitrogen and oxygen atoms in total. The van der Waals surface area contributed by atoms with Gasteiger partial charge in [0.2, 0.25) is 5.91 Å². The van der Waals surface area contributed by atoms with Crippen LogP contribution < -0.4 is 5.32 Å². The van der Waals surface area contributed by atoms with Gasteiger partial charge in [0.25, 0.3) is 0 Å². The number of thiazole rings is 1. The van der Waals surface area contributed by atoms with E-state index in [2.05, 4.69) is 25.5 Å². The Hall–Kier alpha value is -0.400. The van der Waals surface area contributed by atoms with Gasteiger partial charge in [0.05, 0.1) is 11.2 Å². The number of aromatic nitrogens is 1. The number of nitrogens with one attached hydrogen (secondary N) is 1. The smallest absolute Gasteiger partial charge is 0.222 e. The van der Waals surface area contributed by atoms with E-state index in [1.807, 2.05) is 5.51 Å². The molecule has 0 aromatic carbocycles. The summed E-state index contributed by atoms with van der Waals surface area (Å²) >= 11 is 1.65. The first-order chi connectivity index (χ1) is 10.8. The van der Waals surface area contributed by atoms with E-state index in [0.717, 1.165) is 70.3 Å². The second kappa shape index (κ2) is 11.3. The zero-order chi connectivity index (χ0) is 15.2. The van der Waals surface area contributed by atoms with Gasteiger partial charge in [-0.2, -0.15) is 0 Å². The van der Waals surface area contributed by atoms with E-state index in [9.17, 15) is 4.79 Å². The highest BCUT2D eigenvalue weighted by molar-refractivity contribution is 7.07. The fourth-order valence-corrected chi connectivity index (χ4v) is 3.91. The van der Waals surface area contributed by atoms with Gasteiger partial charge in [-0.15, -0.1) is 36.2 Å². The summed E-state index contributed by atoms with van der Waals surface area (Å²) in [7, 11) is 0. The molecule has 0 atom stereocenters. The Bertz CT molecular complexity index is 461. The third-order valence-corrected chi connectivity index (χ3v) is 5.45. The predicted molar refractivity (Wildman–Crippen MR) is 103 cm³/mol. The van der Waals surface area contributed by atoms with Crippen LogP contribution in [0.4, 0.5) is 0 Å². The van der Waals surface area contributed by atoms with Gasteiger partial charge in [-0.05, 0) is 38.3 Å². The zero-order valence-corrected chi connectivity index (χ0v) is 16.4. The number of halogens is 2. The molecule has 1 aromatic heterocycles. The normalized spacial score (nSPS) is 19.4. The first kappa shape index (κ1) is 21.6. The molecule has 3 heterocycles. The summed E-state index contributed by atoms with van der Waals surface area (Å²) in [6.45, 7) is 6.83. The first-order valence-electron chi connectivity index (χ1n) is 8.39. The maximum atomic E-state index is 12.3. The highest BCUT2D eigenvalue weighted by atomic mass is 35.5. The van der Waals surface area contributed by atoms with Crippen LogP contribution in [-0.2, 0) is 11.3 Å². The van der Waals surface area contributed by atoms with E-state index in [0.29, 0.717) is 5.91 Å². The van der Waals surface area contributed by atoms with Crippen molar-refractivity contribution in [2.45, 2.75) is 32.2 Å². The van der Waals surface area contributed by atoms with Crippen molar-refractivity contribution in [3.63, 3.8) is 0 Å². The van der Waals surface area contributed by atoms with Crippen LogP contribution in [0.1, 0.15) is 31.4 Å². The summed E-state index contributed by atoms with van der Waals surface area (Å²) < 4.78 is 0. The van der Waals surface area contributed by atoms with Crippen LogP contribution in [0.5, 0.6) is 0 Å². The Morgan fingerprint density at radius 2 is 1.92 bits per heavy atom. The van der Waals surface area contributed by atoms with Gasteiger partial charge in [-0.25, -0.2) is 4.98 Å². The number of carbonyl (C=O) groups is 1. The van der Waals surface area contributed by atoms with Crippen LogP contribution in [0.2, 0.25) is 0 Å². The number of nitrogens with zero attached hydrogens (tertiary/aromatic N) is 3. The molecule has 0 spiro atoms. The molecule has 2 aliphatic heterocycles. The lowest BCUT2D eigenvalue weighted by molar-refractivity contribution is -0.133. The zero-order valence-electron chi connectivity index (χ0n) is 14.0. The van der Waals surface area contributed by atoms with Crippen LogP contribution >= 0.6 is 36.2 Å². The molecular weight excluding hydrogens is 367 g/mol. The van der Waals surface area contributed by atoms with Gasteiger partial charge in [-0.3, -0.25) is 9.69 Å². The van der Waals surface area contributed by atoms with E-state index in [-0.39, 0.29) is 24.8 Å². The molecule has 1 aromatic rings. The first-order valence-corrected chi connectivity index (χ1v) is 9.33. The molecule has 0 unspecified atom stereocenters. The van der Waals surface area contributed by atoms with E-state index in [1.54, 1.807) is 11.3 Å². The minimum atomic E-state index is 0. The summed E-state index contributed by atoms with van der Waals surface area (Å²) in [5.74, 6) is 1.10. The lowest BCUT2D eigenvalue weighted by Crippen LogP contribution is -2.48. The standard InChI is InChI=1S/C16H26N4OS.2ClH/c21-16(2-1-14-3-5-17-6-4-14)20-9-7-19(8-10-20)11-15-12-22-13-18-15;;/h12-14,17H,1-11H2;2*1H. The van der Waals surface area contributed by atoms with Gasteiger partial charge >= 0.3 is 0 Å². The summed E-state index contributed by atoms with van der Waals surface area (Å²) in [6, 6.07) is 0. The molecule has 24 heavy (non-hydrogen) atoms. The SMILES string of the molecule is Cl.Cl.O=C(CCC1CCNCC1)N1CCN(Cc2cscn2)CC1. The molecule has 0 bridgehead atoms. The predicted octanol–water partition coefficient (Wildman–Crippen LogP) is 2.41. The summed E-state index contributed by atoms with van der Waals surface area (Å²) in [6.07, 6.45) is 4.26. The highest BCUT2D eigenvalue weighted by Crippen LogP contribution is 2.19. The summed E-state index contributed by atoms with van der Waals surface area (Å²) in [4.78, 5) is 21.1. The Morgan fingerprint density at radius 3 is 2.54 bits per heavy atom. The van der Waals surface area contributed by atoms with Crippen LogP contribution in [0.3, 0.4) is 0 Å². The van der Waals surface area contributed by atoms with Crippen molar-refractivity contribution in [1.82, 2.24) is 20.1 Å². The summed E-state index contributed by atoms with van der Waals surface area (Å²) in [5, 5.41) is 5.49. The number of carbonyl (C=O) groups excluding carboxylic acids is 1. The van der Waals surface area contributed by atoms with Crippen molar-refractivity contribution in [1.29, 1.82) is 0 Å². The van der Waals surface area contributed by atoms with Crippen molar-refractivity contribution in [2.75, 3.05) is 39.3 Å². The third kappa shape index (κ3) is 6.48. The fraction of sp³-hybridized carbons (Fsp3) is 0.750. The van der Waals surface area contributed by atoms with Gasteiger partial charge in [0.1, 0.15) is 0 Å². The second-order valence-corrected chi connectivity index (χ2v) is 7.09. The number of rotatable bonds is 5. The Morgan fingerprint density at radius 1 is 1.21 bits per heavy atom. The quantitative estimate of drug-likeness (QED) is 0.832. The highest BCUT2D eigenvalue weighted by Gasteiger charge is 2.22. The van der Waals surface area contributed by atoms with Crippen molar-refractivity contribution in [2.24, 2.45) is 5.92 Å². The van der Waals surface area contributed by atoms with Gasteiger partial charge in [0, 0.05) is 44.5 Å². The topological polar surface area (TPSA) is 48.5 Å². The Balaban J connectivity index is 0.00000144. The van der Waals surface area contributed by atoms with E-state index >= 15 is 0 Å². The Kier molecular flexibility index (Phi) is 10.2. The fourth-order valence-electron chi connectivity index (χ4n) is 3.36. The number of hydrogen-bond acceptors (Lipinski definition) is 5. The van der Waals surface area contributed by atoms with E-state index < -0.39 is 0 Å². The van der Waals surface area contributed by atoms with Crippen molar-refractivity contribution in [3.05, 3.63) is 16.6 Å².